The summed E-state index contributed by atoms with van der Waals surface area (Å²) in [5.74, 6) is 0. The summed E-state index contributed by atoms with van der Waals surface area (Å²) < 4.78 is 7.80. The first kappa shape index (κ1) is 39.8. The molecule has 0 atom stereocenters. The quantitative estimate of drug-likeness (QED) is 0.177. The lowest BCUT2D eigenvalue weighted by molar-refractivity contribution is 0.657. The van der Waals surface area contributed by atoms with Gasteiger partial charge in [0.1, 0.15) is 5.58 Å². The molecule has 4 nitrogen and oxygen atoms in total. The zero-order chi connectivity index (χ0) is 48.0. The van der Waals surface area contributed by atoms with Crippen LogP contribution in [0.25, 0.3) is 66.4 Å². The fourth-order valence-corrected chi connectivity index (χ4v) is 15.0. The fraction of sp³-hybridized carbons (Fsp3) is 0.101. The van der Waals surface area contributed by atoms with Crippen molar-refractivity contribution in [2.75, 3.05) is 4.90 Å². The number of nitrogens with zero attached hydrogens (tertiary/aromatic N) is 3. The van der Waals surface area contributed by atoms with Gasteiger partial charge in [-0.25, -0.2) is 0 Å². The first-order valence-corrected chi connectivity index (χ1v) is 25.8. The number of hydrogen-bond donors (Lipinski definition) is 0. The fourth-order valence-electron chi connectivity index (χ4n) is 15.0. The zero-order valence-corrected chi connectivity index (χ0v) is 40.4. The summed E-state index contributed by atoms with van der Waals surface area (Å²) in [4.78, 5) is 12.7. The number of benzene rings is 9. The molecule has 0 radical (unpaired) electrons. The number of hydrogen-bond acceptors (Lipinski definition) is 4. The first-order valence-electron chi connectivity index (χ1n) is 25.8. The van der Waals surface area contributed by atoms with E-state index in [0.717, 1.165) is 68.8 Å². The van der Waals surface area contributed by atoms with Gasteiger partial charge < -0.3 is 9.32 Å². The zero-order valence-electron chi connectivity index (χ0n) is 40.4. The van der Waals surface area contributed by atoms with E-state index in [4.69, 9.17) is 14.4 Å². The smallest absolute Gasteiger partial charge is 0.159 e. The van der Waals surface area contributed by atoms with E-state index in [1.165, 1.54) is 94.2 Å². The SMILES string of the molecule is CC1(C)c2ccccc2-c2cc3c(cc21)N(c1cccc2c1oc1c4c(ccc12)C1(c2cccnc2-c2ncccc21)c1ccc2c5c(ccc-4c15)CC2)c1ccccc1C3(c1ccccc1)c1ccccc1. The first-order chi connectivity index (χ1) is 36.0. The Balaban J connectivity index is 0.997. The molecule has 1 spiro atoms. The third-order valence-corrected chi connectivity index (χ3v) is 17.9. The van der Waals surface area contributed by atoms with Gasteiger partial charge in [-0.05, 0) is 143 Å². The molecule has 0 amide bonds. The second kappa shape index (κ2) is 13.8. The number of rotatable bonds is 3. The number of pyridine rings is 2. The van der Waals surface area contributed by atoms with Gasteiger partial charge >= 0.3 is 0 Å². The molecule has 3 aromatic heterocycles. The van der Waals surface area contributed by atoms with E-state index in [-0.39, 0.29) is 5.41 Å². The lowest BCUT2D eigenvalue weighted by atomic mass is 9.61. The molecule has 17 rings (SSSR count). The summed E-state index contributed by atoms with van der Waals surface area (Å²) in [6, 6.07) is 75.4. The molecule has 1 aliphatic heterocycles. The second-order valence-electron chi connectivity index (χ2n) is 21.4. The highest BCUT2D eigenvalue weighted by atomic mass is 16.3. The van der Waals surface area contributed by atoms with Crippen LogP contribution >= 0.6 is 0 Å². The van der Waals surface area contributed by atoms with Gasteiger partial charge in [0, 0.05) is 34.1 Å². The Hall–Kier alpha value is -8.86. The maximum absolute atomic E-state index is 7.80. The van der Waals surface area contributed by atoms with Gasteiger partial charge in [-0.1, -0.05) is 178 Å². The minimum absolute atomic E-state index is 0.229. The third-order valence-electron chi connectivity index (χ3n) is 17.9. The highest BCUT2D eigenvalue weighted by molar-refractivity contribution is 6.19. The van der Waals surface area contributed by atoms with Gasteiger partial charge in [0.15, 0.2) is 5.58 Å². The van der Waals surface area contributed by atoms with Crippen molar-refractivity contribution in [1.29, 1.82) is 0 Å². The predicted molar refractivity (Wildman–Crippen MR) is 295 cm³/mol. The van der Waals surface area contributed by atoms with Crippen LogP contribution in [0.3, 0.4) is 0 Å². The molecule has 12 aromatic rings. The van der Waals surface area contributed by atoms with Gasteiger partial charge in [-0.2, -0.15) is 0 Å². The van der Waals surface area contributed by atoms with Gasteiger partial charge in [-0.3, -0.25) is 9.97 Å². The van der Waals surface area contributed by atoms with Crippen LogP contribution in [0.5, 0.6) is 0 Å². The number of fused-ring (bicyclic) bond motifs is 18. The van der Waals surface area contributed by atoms with Crippen molar-refractivity contribution in [3.63, 3.8) is 0 Å². The van der Waals surface area contributed by atoms with Crippen LogP contribution in [0, 0.1) is 0 Å². The minimum atomic E-state index is -0.654. The highest BCUT2D eigenvalue weighted by Crippen LogP contribution is 2.65. The van der Waals surface area contributed by atoms with E-state index in [1.54, 1.807) is 0 Å². The number of para-hydroxylation sites is 2. The average molecular weight is 932 g/mol. The molecule has 4 aliphatic carbocycles. The Morgan fingerprint density at radius 3 is 1.75 bits per heavy atom. The number of aryl methyl sites for hydroxylation is 2. The van der Waals surface area contributed by atoms with E-state index in [9.17, 15) is 0 Å². The van der Waals surface area contributed by atoms with E-state index in [2.05, 4.69) is 219 Å². The van der Waals surface area contributed by atoms with Crippen LogP contribution in [0.1, 0.15) is 80.6 Å². The summed E-state index contributed by atoms with van der Waals surface area (Å²) in [5, 5.41) is 4.92. The van der Waals surface area contributed by atoms with E-state index in [0.29, 0.717) is 0 Å². The Morgan fingerprint density at radius 1 is 0.397 bits per heavy atom. The lowest BCUT2D eigenvalue weighted by Gasteiger charge is -2.47. The molecular weight excluding hydrogens is 887 g/mol. The molecule has 4 heteroatoms. The van der Waals surface area contributed by atoms with Crippen molar-refractivity contribution in [3.8, 4) is 33.6 Å². The molecule has 0 saturated carbocycles. The summed E-state index contributed by atoms with van der Waals surface area (Å²) in [6.45, 7) is 4.78. The predicted octanol–water partition coefficient (Wildman–Crippen LogP) is 16.4. The van der Waals surface area contributed by atoms with E-state index in [1.807, 2.05) is 12.4 Å². The van der Waals surface area contributed by atoms with E-state index >= 15 is 0 Å². The maximum atomic E-state index is 7.80. The lowest BCUT2D eigenvalue weighted by Crippen LogP contribution is -2.38. The number of aromatic nitrogens is 2. The van der Waals surface area contributed by atoms with Crippen LogP contribution in [-0.4, -0.2) is 9.97 Å². The molecule has 0 fully saturated rings. The normalized spacial score (nSPS) is 16.0. The van der Waals surface area contributed by atoms with Crippen molar-refractivity contribution in [1.82, 2.24) is 9.97 Å². The Morgan fingerprint density at radius 2 is 1.01 bits per heavy atom. The molecule has 0 saturated heterocycles. The van der Waals surface area contributed by atoms with Crippen molar-refractivity contribution in [2.24, 2.45) is 0 Å². The molecule has 342 valence electrons. The van der Waals surface area contributed by atoms with Gasteiger partial charge in [0.05, 0.1) is 39.3 Å². The Kier molecular flexibility index (Phi) is 7.50. The number of anilines is 3. The molecule has 9 aromatic carbocycles. The van der Waals surface area contributed by atoms with Crippen LogP contribution < -0.4 is 4.90 Å². The minimum Gasteiger partial charge on any atom is -0.453 e. The largest absolute Gasteiger partial charge is 0.453 e. The second-order valence-corrected chi connectivity index (χ2v) is 21.4. The van der Waals surface area contributed by atoms with Crippen molar-refractivity contribution >= 4 is 49.8 Å². The summed E-state index contributed by atoms with van der Waals surface area (Å²) in [5.41, 5.74) is 25.7. The topological polar surface area (TPSA) is 42.2 Å². The molecule has 0 bridgehead atoms. The highest BCUT2D eigenvalue weighted by Gasteiger charge is 2.53. The Labute approximate surface area is 422 Å². The van der Waals surface area contributed by atoms with Crippen molar-refractivity contribution in [2.45, 2.75) is 42.9 Å². The summed E-state index contributed by atoms with van der Waals surface area (Å²) in [6.07, 6.45) is 5.92. The average Bonchev–Trinajstić information content (AvgIpc) is 4.20. The summed E-state index contributed by atoms with van der Waals surface area (Å²) >= 11 is 0. The third kappa shape index (κ3) is 4.66. The molecule has 0 unspecified atom stereocenters. The van der Waals surface area contributed by atoms with E-state index < -0.39 is 10.8 Å². The van der Waals surface area contributed by atoms with Gasteiger partial charge in [0.2, 0.25) is 0 Å². The monoisotopic (exact) mass is 931 g/mol. The van der Waals surface area contributed by atoms with Crippen LogP contribution in [-0.2, 0) is 29.1 Å². The molecule has 0 N–H and O–H groups in total. The molecule has 4 heterocycles. The molecule has 73 heavy (non-hydrogen) atoms. The van der Waals surface area contributed by atoms with Crippen molar-refractivity contribution < 1.29 is 4.42 Å². The van der Waals surface area contributed by atoms with Crippen molar-refractivity contribution in [3.05, 3.63) is 279 Å². The van der Waals surface area contributed by atoms with Gasteiger partial charge in [-0.15, -0.1) is 0 Å². The maximum Gasteiger partial charge on any atom is 0.159 e. The molecule has 5 aliphatic rings. The Bertz CT molecular complexity index is 4330. The van der Waals surface area contributed by atoms with Gasteiger partial charge in [0.25, 0.3) is 0 Å². The van der Waals surface area contributed by atoms with Crippen LogP contribution in [0.2, 0.25) is 0 Å². The molecular formula is C69H45N3O. The standard InChI is InChI=1S/C69H45N3O/c1-67(2)49-22-10-9-20-44(49)48-38-56-59(39-55(48)67)72(57-26-12-11-23-50(57)68(56,42-16-5-3-6-17-42)43-18-7-4-8-19-43)58-27-13-21-45-46-33-35-52-62(66(46)73-65(45)58)47-32-30-40-28-29-41-31-34-51(61(47)60(40)41)69(52)53-24-14-36-70-63(53)64-54(69)25-15-37-71-64/h3-27,30-39H,28-29H2,1-2H3. The van der Waals surface area contributed by atoms with Crippen LogP contribution in [0.4, 0.5) is 17.1 Å². The van der Waals surface area contributed by atoms with Crippen LogP contribution in [0.15, 0.2) is 217 Å². The number of furan rings is 1. The summed E-state index contributed by atoms with van der Waals surface area (Å²) in [7, 11) is 0.